The molecule has 0 aliphatic rings. The van der Waals surface area contributed by atoms with Gasteiger partial charge in [-0.15, -0.1) is 0 Å². The first-order valence-electron chi connectivity index (χ1n) is 6.30. The van der Waals surface area contributed by atoms with Gasteiger partial charge in [-0.05, 0) is 30.2 Å². The first-order valence-corrected chi connectivity index (χ1v) is 7.09. The smallest absolute Gasteiger partial charge is 0.319 e. The number of hydrogen-bond donors (Lipinski definition) is 2. The summed E-state index contributed by atoms with van der Waals surface area (Å²) in [7, 11) is 0. The molecular weight excluding hydrogens is 342 g/mol. The van der Waals surface area contributed by atoms with E-state index in [1.54, 1.807) is 0 Å². The highest BCUT2D eigenvalue weighted by Crippen LogP contribution is 2.18. The molecule has 2 N–H and O–H groups in total. The molecule has 0 bridgehead atoms. The van der Waals surface area contributed by atoms with Crippen LogP contribution in [0, 0.1) is 11.6 Å². The molecule has 0 fully saturated rings. The Morgan fingerprint density at radius 3 is 2.38 bits per heavy atom. The third-order valence-corrected chi connectivity index (χ3v) is 3.61. The van der Waals surface area contributed by atoms with Crippen LogP contribution in [0.5, 0.6) is 0 Å². The minimum absolute atomic E-state index is 0.352. The number of urea groups is 1. The van der Waals surface area contributed by atoms with E-state index in [2.05, 4.69) is 26.6 Å². The molecule has 2 aromatic rings. The highest BCUT2D eigenvalue weighted by Gasteiger charge is 2.11. The summed E-state index contributed by atoms with van der Waals surface area (Å²) in [6.07, 6.45) is 0.606. The van der Waals surface area contributed by atoms with E-state index in [1.807, 2.05) is 24.3 Å². The van der Waals surface area contributed by atoms with Crippen molar-refractivity contribution in [3.8, 4) is 0 Å². The Bertz CT molecular complexity index is 629. The molecule has 0 atom stereocenters. The molecule has 110 valence electrons. The van der Waals surface area contributed by atoms with Crippen molar-refractivity contribution in [1.29, 1.82) is 0 Å². The highest BCUT2D eigenvalue weighted by atomic mass is 79.9. The number of hydrogen-bond acceptors (Lipinski definition) is 1. The lowest BCUT2D eigenvalue weighted by molar-refractivity contribution is 0.252. The third-order valence-electron chi connectivity index (χ3n) is 2.84. The van der Waals surface area contributed by atoms with E-state index < -0.39 is 23.4 Å². The molecule has 0 saturated carbocycles. The van der Waals surface area contributed by atoms with Gasteiger partial charge in [0.15, 0.2) is 0 Å². The summed E-state index contributed by atoms with van der Waals surface area (Å²) in [5, 5.41) is 4.72. The van der Waals surface area contributed by atoms with E-state index in [1.165, 1.54) is 6.07 Å². The number of carbonyl (C=O) groups excluding carboxylic acids is 1. The van der Waals surface area contributed by atoms with Crippen molar-refractivity contribution >= 4 is 27.6 Å². The van der Waals surface area contributed by atoms with Gasteiger partial charge in [0.05, 0.1) is 0 Å². The summed E-state index contributed by atoms with van der Waals surface area (Å²) in [6.45, 7) is 0.352. The lowest BCUT2D eigenvalue weighted by atomic mass is 10.1. The molecule has 3 nitrogen and oxygen atoms in total. The number of carbonyl (C=O) groups is 1. The SMILES string of the molecule is O=C(NCCc1ccccc1Br)Nc1c(F)cccc1F. The molecule has 2 aromatic carbocycles. The van der Waals surface area contributed by atoms with Crippen LogP contribution in [0.1, 0.15) is 5.56 Å². The summed E-state index contributed by atoms with van der Waals surface area (Å²) in [5.74, 6) is -1.62. The van der Waals surface area contributed by atoms with Gasteiger partial charge >= 0.3 is 6.03 Å². The van der Waals surface area contributed by atoms with Crippen LogP contribution in [0.3, 0.4) is 0 Å². The van der Waals surface area contributed by atoms with Crippen LogP contribution in [-0.4, -0.2) is 12.6 Å². The number of para-hydroxylation sites is 1. The van der Waals surface area contributed by atoms with Crippen molar-refractivity contribution in [3.05, 3.63) is 64.1 Å². The van der Waals surface area contributed by atoms with Crippen LogP contribution in [0.2, 0.25) is 0 Å². The van der Waals surface area contributed by atoms with Crippen molar-refractivity contribution in [1.82, 2.24) is 5.32 Å². The molecule has 0 saturated heterocycles. The Labute approximate surface area is 129 Å². The second kappa shape index (κ2) is 7.17. The van der Waals surface area contributed by atoms with Crippen LogP contribution in [0.15, 0.2) is 46.9 Å². The second-order valence-corrected chi connectivity index (χ2v) is 5.17. The fraction of sp³-hybridized carbons (Fsp3) is 0.133. The van der Waals surface area contributed by atoms with Gasteiger partial charge < -0.3 is 10.6 Å². The molecule has 0 spiro atoms. The largest absolute Gasteiger partial charge is 0.338 e. The van der Waals surface area contributed by atoms with Gasteiger partial charge in [-0.25, -0.2) is 13.6 Å². The van der Waals surface area contributed by atoms with Gasteiger partial charge in [0.2, 0.25) is 0 Å². The van der Waals surface area contributed by atoms with Gasteiger partial charge in [0.25, 0.3) is 0 Å². The van der Waals surface area contributed by atoms with E-state index in [0.29, 0.717) is 13.0 Å². The first-order chi connectivity index (χ1) is 10.1. The van der Waals surface area contributed by atoms with E-state index in [4.69, 9.17) is 0 Å². The van der Waals surface area contributed by atoms with Crippen LogP contribution in [0.25, 0.3) is 0 Å². The van der Waals surface area contributed by atoms with Gasteiger partial charge in [0, 0.05) is 11.0 Å². The van der Waals surface area contributed by atoms with Gasteiger partial charge in [0.1, 0.15) is 17.3 Å². The molecule has 2 rings (SSSR count). The molecule has 0 heterocycles. The van der Waals surface area contributed by atoms with Gasteiger partial charge in [-0.2, -0.15) is 0 Å². The zero-order valence-electron chi connectivity index (χ0n) is 11.0. The van der Waals surface area contributed by atoms with Crippen LogP contribution in [0.4, 0.5) is 19.3 Å². The summed E-state index contributed by atoms with van der Waals surface area (Å²) in [4.78, 5) is 11.6. The standard InChI is InChI=1S/C15H13BrF2N2O/c16-11-5-2-1-4-10(11)8-9-19-15(21)20-14-12(17)6-3-7-13(14)18/h1-7H,8-9H2,(H2,19,20,21). The molecule has 21 heavy (non-hydrogen) atoms. The number of nitrogens with one attached hydrogen (secondary N) is 2. The Morgan fingerprint density at radius 2 is 1.71 bits per heavy atom. The van der Waals surface area contributed by atoms with Crippen LogP contribution in [-0.2, 0) is 6.42 Å². The molecule has 0 unspecified atom stereocenters. The normalized spacial score (nSPS) is 10.2. The number of rotatable bonds is 4. The van der Waals surface area contributed by atoms with Crippen LogP contribution < -0.4 is 10.6 Å². The van der Waals surface area contributed by atoms with Gasteiger partial charge in [-0.1, -0.05) is 40.2 Å². The zero-order valence-corrected chi connectivity index (χ0v) is 12.6. The predicted octanol–water partition coefficient (Wildman–Crippen LogP) is 4.09. The zero-order chi connectivity index (χ0) is 15.2. The number of anilines is 1. The summed E-state index contributed by atoms with van der Waals surface area (Å²) in [6, 6.07) is 10.4. The molecule has 0 aliphatic heterocycles. The quantitative estimate of drug-likeness (QED) is 0.852. The Morgan fingerprint density at radius 1 is 1.05 bits per heavy atom. The Balaban J connectivity index is 1.87. The number of benzene rings is 2. The maximum atomic E-state index is 13.4. The Kier molecular flexibility index (Phi) is 5.27. The lowest BCUT2D eigenvalue weighted by Crippen LogP contribution is -2.31. The maximum absolute atomic E-state index is 13.4. The first kappa shape index (κ1) is 15.4. The maximum Gasteiger partial charge on any atom is 0.319 e. The van der Waals surface area contributed by atoms with Crippen molar-refractivity contribution in [3.63, 3.8) is 0 Å². The molecule has 0 aliphatic carbocycles. The minimum Gasteiger partial charge on any atom is -0.338 e. The minimum atomic E-state index is -0.809. The van der Waals surface area contributed by atoms with Crippen molar-refractivity contribution in [2.45, 2.75) is 6.42 Å². The highest BCUT2D eigenvalue weighted by molar-refractivity contribution is 9.10. The molecule has 0 aromatic heterocycles. The van der Waals surface area contributed by atoms with E-state index >= 15 is 0 Å². The number of amides is 2. The Hall–Kier alpha value is -1.95. The van der Waals surface area contributed by atoms with Crippen LogP contribution >= 0.6 is 15.9 Å². The van der Waals surface area contributed by atoms with Gasteiger partial charge in [-0.3, -0.25) is 0 Å². The monoisotopic (exact) mass is 354 g/mol. The summed E-state index contributed by atoms with van der Waals surface area (Å²) >= 11 is 3.41. The van der Waals surface area contributed by atoms with E-state index in [-0.39, 0.29) is 0 Å². The topological polar surface area (TPSA) is 41.1 Å². The molecule has 2 amide bonds. The molecule has 0 radical (unpaired) electrons. The average Bonchev–Trinajstić information content (AvgIpc) is 2.45. The predicted molar refractivity (Wildman–Crippen MR) is 81.2 cm³/mol. The fourth-order valence-electron chi connectivity index (χ4n) is 1.79. The average molecular weight is 355 g/mol. The summed E-state index contributed by atoms with van der Waals surface area (Å²) < 4.78 is 27.7. The van der Waals surface area contributed by atoms with Crippen molar-refractivity contribution < 1.29 is 13.6 Å². The second-order valence-electron chi connectivity index (χ2n) is 4.32. The lowest BCUT2D eigenvalue weighted by Gasteiger charge is -2.09. The van der Waals surface area contributed by atoms with Crippen molar-refractivity contribution in [2.24, 2.45) is 0 Å². The third kappa shape index (κ3) is 4.26. The molecular formula is C15H13BrF2N2O. The summed E-state index contributed by atoms with van der Waals surface area (Å²) in [5.41, 5.74) is 0.589. The number of halogens is 3. The molecule has 6 heteroatoms. The van der Waals surface area contributed by atoms with E-state index in [0.717, 1.165) is 22.2 Å². The van der Waals surface area contributed by atoms with E-state index in [9.17, 15) is 13.6 Å². The fourth-order valence-corrected chi connectivity index (χ4v) is 2.27. The van der Waals surface area contributed by atoms with Crippen molar-refractivity contribution in [2.75, 3.05) is 11.9 Å².